The lowest BCUT2D eigenvalue weighted by Crippen LogP contribution is -2.36. The average molecular weight is 323 g/mol. The fourth-order valence-electron chi connectivity index (χ4n) is 2.69. The van der Waals surface area contributed by atoms with E-state index >= 15 is 0 Å². The van der Waals surface area contributed by atoms with E-state index in [1.807, 2.05) is 61.9 Å². The molecule has 0 aliphatic rings. The summed E-state index contributed by atoms with van der Waals surface area (Å²) >= 11 is 0. The molecule has 24 heavy (non-hydrogen) atoms. The van der Waals surface area contributed by atoms with Gasteiger partial charge >= 0.3 is 0 Å². The van der Waals surface area contributed by atoms with Crippen LogP contribution in [0.4, 0.5) is 0 Å². The van der Waals surface area contributed by atoms with Gasteiger partial charge in [0.2, 0.25) is 0 Å². The van der Waals surface area contributed by atoms with Crippen LogP contribution in [-0.4, -0.2) is 31.9 Å². The van der Waals surface area contributed by atoms with Crippen molar-refractivity contribution in [2.24, 2.45) is 0 Å². The molecule has 6 nitrogen and oxygen atoms in total. The van der Waals surface area contributed by atoms with Crippen LogP contribution in [0.1, 0.15) is 28.7 Å². The molecule has 2 aromatic heterocycles. The minimum Gasteiger partial charge on any atom is -0.348 e. The molecule has 0 bridgehead atoms. The van der Waals surface area contributed by atoms with Crippen molar-refractivity contribution in [3.05, 3.63) is 59.5 Å². The van der Waals surface area contributed by atoms with Gasteiger partial charge in [-0.25, -0.2) is 0 Å². The number of nitrogens with one attached hydrogen (secondary N) is 2. The molecule has 0 radical (unpaired) electrons. The molecule has 3 aromatic rings. The van der Waals surface area contributed by atoms with E-state index in [9.17, 15) is 4.79 Å². The van der Waals surface area contributed by atoms with E-state index in [1.165, 1.54) is 0 Å². The maximum Gasteiger partial charge on any atom is 0.251 e. The number of hydrogen-bond donors (Lipinski definition) is 2. The molecule has 2 heterocycles. The molecule has 3 rings (SSSR count). The SMILES string of the molecule is Cc1cc(C)n(C[C@H](C)NC(=O)c2ccc(-c3ccn[nH]3)cc2)n1. The lowest BCUT2D eigenvalue weighted by Gasteiger charge is -2.15. The maximum absolute atomic E-state index is 12.4. The summed E-state index contributed by atoms with van der Waals surface area (Å²) in [6, 6.07) is 11.4. The number of carbonyl (C=O) groups is 1. The van der Waals surface area contributed by atoms with Crippen molar-refractivity contribution < 1.29 is 4.79 Å². The van der Waals surface area contributed by atoms with Gasteiger partial charge in [0, 0.05) is 23.5 Å². The topological polar surface area (TPSA) is 75.6 Å². The number of benzene rings is 1. The Morgan fingerprint density at radius 2 is 2.00 bits per heavy atom. The van der Waals surface area contributed by atoms with Gasteiger partial charge in [-0.05, 0) is 50.6 Å². The highest BCUT2D eigenvalue weighted by Crippen LogP contribution is 2.16. The van der Waals surface area contributed by atoms with Crippen molar-refractivity contribution in [1.82, 2.24) is 25.3 Å². The Morgan fingerprint density at radius 3 is 2.58 bits per heavy atom. The standard InChI is InChI=1S/C18H21N5O/c1-12-10-14(3)23(22-12)11-13(2)20-18(24)16-6-4-15(5-7-16)17-8-9-19-21-17/h4-10,13H,11H2,1-3H3,(H,19,21)(H,20,24)/t13-/m0/s1. The Balaban J connectivity index is 1.63. The second-order valence-electron chi connectivity index (χ2n) is 6.03. The molecule has 6 heteroatoms. The lowest BCUT2D eigenvalue weighted by atomic mass is 10.1. The Kier molecular flexibility index (Phi) is 4.46. The molecule has 1 aromatic carbocycles. The highest BCUT2D eigenvalue weighted by atomic mass is 16.1. The molecule has 0 aliphatic carbocycles. The fraction of sp³-hybridized carbons (Fsp3) is 0.278. The zero-order valence-electron chi connectivity index (χ0n) is 14.1. The number of rotatable bonds is 5. The molecule has 1 atom stereocenters. The molecule has 0 unspecified atom stereocenters. The van der Waals surface area contributed by atoms with Crippen LogP contribution in [-0.2, 0) is 6.54 Å². The normalized spacial score (nSPS) is 12.1. The predicted octanol–water partition coefficient (Wildman–Crippen LogP) is 2.71. The summed E-state index contributed by atoms with van der Waals surface area (Å²) in [4.78, 5) is 12.4. The Hall–Kier alpha value is -2.89. The molecular formula is C18H21N5O. The van der Waals surface area contributed by atoms with E-state index < -0.39 is 0 Å². The Labute approximate surface area is 140 Å². The summed E-state index contributed by atoms with van der Waals surface area (Å²) in [5, 5.41) is 14.3. The lowest BCUT2D eigenvalue weighted by molar-refractivity contribution is 0.0936. The first-order valence-electron chi connectivity index (χ1n) is 7.94. The third-order valence-electron chi connectivity index (χ3n) is 3.89. The van der Waals surface area contributed by atoms with E-state index in [0.717, 1.165) is 22.6 Å². The highest BCUT2D eigenvalue weighted by molar-refractivity contribution is 5.94. The third-order valence-corrected chi connectivity index (χ3v) is 3.89. The quantitative estimate of drug-likeness (QED) is 0.758. The van der Waals surface area contributed by atoms with Crippen LogP contribution in [0.2, 0.25) is 0 Å². The zero-order chi connectivity index (χ0) is 17.1. The maximum atomic E-state index is 12.4. The second-order valence-corrected chi connectivity index (χ2v) is 6.03. The first-order valence-corrected chi connectivity index (χ1v) is 7.94. The Bertz CT molecular complexity index is 818. The van der Waals surface area contributed by atoms with Crippen LogP contribution < -0.4 is 5.32 Å². The second kappa shape index (κ2) is 6.70. The van der Waals surface area contributed by atoms with Gasteiger partial charge in [0.1, 0.15) is 0 Å². The van der Waals surface area contributed by atoms with Crippen LogP contribution in [0.25, 0.3) is 11.3 Å². The third kappa shape index (κ3) is 3.53. The monoisotopic (exact) mass is 323 g/mol. The molecule has 1 amide bonds. The number of aromatic nitrogens is 4. The summed E-state index contributed by atoms with van der Waals surface area (Å²) < 4.78 is 1.92. The van der Waals surface area contributed by atoms with Gasteiger partial charge in [-0.2, -0.15) is 10.2 Å². The number of H-pyrrole nitrogens is 1. The van der Waals surface area contributed by atoms with Crippen LogP contribution in [0.5, 0.6) is 0 Å². The van der Waals surface area contributed by atoms with Crippen molar-refractivity contribution >= 4 is 5.91 Å². The van der Waals surface area contributed by atoms with E-state index in [2.05, 4.69) is 20.6 Å². The van der Waals surface area contributed by atoms with Crippen molar-refractivity contribution in [3.8, 4) is 11.3 Å². The molecule has 124 valence electrons. The molecule has 0 saturated carbocycles. The highest BCUT2D eigenvalue weighted by Gasteiger charge is 2.12. The molecular weight excluding hydrogens is 302 g/mol. The van der Waals surface area contributed by atoms with Crippen molar-refractivity contribution in [2.75, 3.05) is 0 Å². The fourth-order valence-corrected chi connectivity index (χ4v) is 2.69. The molecule has 0 saturated heterocycles. The van der Waals surface area contributed by atoms with Gasteiger partial charge in [0.15, 0.2) is 0 Å². The van der Waals surface area contributed by atoms with Gasteiger partial charge in [0.05, 0.1) is 17.9 Å². The number of amides is 1. The van der Waals surface area contributed by atoms with Crippen LogP contribution in [0, 0.1) is 13.8 Å². The van der Waals surface area contributed by atoms with Crippen LogP contribution in [0.3, 0.4) is 0 Å². The van der Waals surface area contributed by atoms with Gasteiger partial charge in [0.25, 0.3) is 5.91 Å². The van der Waals surface area contributed by atoms with Gasteiger partial charge in [-0.1, -0.05) is 12.1 Å². The number of carbonyl (C=O) groups excluding carboxylic acids is 1. The predicted molar refractivity (Wildman–Crippen MR) is 92.7 cm³/mol. The first kappa shape index (κ1) is 16.0. The van der Waals surface area contributed by atoms with E-state index in [1.54, 1.807) is 6.20 Å². The molecule has 0 aliphatic heterocycles. The van der Waals surface area contributed by atoms with Crippen LogP contribution in [0.15, 0.2) is 42.6 Å². The van der Waals surface area contributed by atoms with Crippen molar-refractivity contribution in [2.45, 2.75) is 33.4 Å². The number of nitrogens with zero attached hydrogens (tertiary/aromatic N) is 3. The number of aryl methyl sites for hydroxylation is 2. The van der Waals surface area contributed by atoms with Crippen molar-refractivity contribution in [1.29, 1.82) is 0 Å². The van der Waals surface area contributed by atoms with E-state index in [-0.39, 0.29) is 11.9 Å². The summed E-state index contributed by atoms with van der Waals surface area (Å²) in [7, 11) is 0. The van der Waals surface area contributed by atoms with E-state index in [4.69, 9.17) is 0 Å². The van der Waals surface area contributed by atoms with Crippen LogP contribution >= 0.6 is 0 Å². The minimum atomic E-state index is -0.0832. The smallest absolute Gasteiger partial charge is 0.251 e. The average Bonchev–Trinajstić information content (AvgIpc) is 3.18. The van der Waals surface area contributed by atoms with Gasteiger partial charge in [-0.3, -0.25) is 14.6 Å². The Morgan fingerprint density at radius 1 is 1.25 bits per heavy atom. The largest absolute Gasteiger partial charge is 0.348 e. The van der Waals surface area contributed by atoms with Gasteiger partial charge < -0.3 is 5.32 Å². The zero-order valence-corrected chi connectivity index (χ0v) is 14.1. The molecule has 0 fully saturated rings. The minimum absolute atomic E-state index is 0.0113. The van der Waals surface area contributed by atoms with Gasteiger partial charge in [-0.15, -0.1) is 0 Å². The summed E-state index contributed by atoms with van der Waals surface area (Å²) in [6.07, 6.45) is 1.70. The first-order chi connectivity index (χ1) is 11.5. The van der Waals surface area contributed by atoms with Crippen molar-refractivity contribution in [3.63, 3.8) is 0 Å². The summed E-state index contributed by atoms with van der Waals surface area (Å²) in [6.45, 7) is 6.61. The molecule has 2 N–H and O–H groups in total. The summed E-state index contributed by atoms with van der Waals surface area (Å²) in [5.74, 6) is -0.0832. The summed E-state index contributed by atoms with van der Waals surface area (Å²) in [5.41, 5.74) is 4.65. The number of hydrogen-bond acceptors (Lipinski definition) is 3. The number of aromatic amines is 1. The van der Waals surface area contributed by atoms with E-state index in [0.29, 0.717) is 12.1 Å². The molecule has 0 spiro atoms.